The van der Waals surface area contributed by atoms with Gasteiger partial charge in [-0.25, -0.2) is 4.98 Å². The summed E-state index contributed by atoms with van der Waals surface area (Å²) in [6.45, 7) is 0.322. The molecular formula is C13H13N3O2. The lowest BCUT2D eigenvalue weighted by Crippen LogP contribution is -2.27. The molecular weight excluding hydrogens is 230 g/mol. The van der Waals surface area contributed by atoms with Crippen LogP contribution in [0.2, 0.25) is 0 Å². The zero-order valence-corrected chi connectivity index (χ0v) is 9.95. The van der Waals surface area contributed by atoms with E-state index in [1.54, 1.807) is 25.2 Å². The second-order valence-electron chi connectivity index (χ2n) is 3.88. The molecule has 92 valence electrons. The first-order valence-electron chi connectivity index (χ1n) is 5.47. The summed E-state index contributed by atoms with van der Waals surface area (Å²) in [6, 6.07) is 6.92. The first-order chi connectivity index (χ1) is 8.68. The van der Waals surface area contributed by atoms with E-state index in [0.717, 1.165) is 0 Å². The summed E-state index contributed by atoms with van der Waals surface area (Å²) < 4.78 is 0. The summed E-state index contributed by atoms with van der Waals surface area (Å²) in [5.74, 6) is -0.0531. The molecule has 0 aliphatic heterocycles. The van der Waals surface area contributed by atoms with Gasteiger partial charge in [-0.05, 0) is 6.07 Å². The van der Waals surface area contributed by atoms with Gasteiger partial charge in [-0.2, -0.15) is 0 Å². The highest BCUT2D eigenvalue weighted by molar-refractivity contribution is 5.91. The summed E-state index contributed by atoms with van der Waals surface area (Å²) >= 11 is 0. The lowest BCUT2D eigenvalue weighted by molar-refractivity contribution is 0.0778. The number of aromatic hydroxyl groups is 1. The fraction of sp³-hybridized carbons (Fsp3) is 0.154. The SMILES string of the molecule is CN(Cc1ccccc1O)C(=O)c1cnccn1. The molecule has 0 aliphatic carbocycles. The third-order valence-corrected chi connectivity index (χ3v) is 2.53. The Labute approximate surface area is 105 Å². The van der Waals surface area contributed by atoms with Crippen molar-refractivity contribution in [1.29, 1.82) is 0 Å². The normalized spacial score (nSPS) is 10.1. The van der Waals surface area contributed by atoms with E-state index in [2.05, 4.69) is 9.97 Å². The maximum Gasteiger partial charge on any atom is 0.274 e. The highest BCUT2D eigenvalue weighted by Gasteiger charge is 2.14. The third-order valence-electron chi connectivity index (χ3n) is 2.53. The largest absolute Gasteiger partial charge is 0.508 e. The zero-order chi connectivity index (χ0) is 13.0. The number of benzene rings is 1. The maximum absolute atomic E-state index is 12.0. The highest BCUT2D eigenvalue weighted by atomic mass is 16.3. The number of hydrogen-bond donors (Lipinski definition) is 1. The Hall–Kier alpha value is -2.43. The van der Waals surface area contributed by atoms with Crippen molar-refractivity contribution >= 4 is 5.91 Å². The van der Waals surface area contributed by atoms with Crippen LogP contribution in [0.1, 0.15) is 16.1 Å². The van der Waals surface area contributed by atoms with E-state index < -0.39 is 0 Å². The van der Waals surface area contributed by atoms with Gasteiger partial charge in [0.25, 0.3) is 5.91 Å². The predicted molar refractivity (Wildman–Crippen MR) is 65.9 cm³/mol. The van der Waals surface area contributed by atoms with Gasteiger partial charge >= 0.3 is 0 Å². The first-order valence-corrected chi connectivity index (χ1v) is 5.47. The van der Waals surface area contributed by atoms with E-state index in [9.17, 15) is 9.90 Å². The summed E-state index contributed by atoms with van der Waals surface area (Å²) in [6.07, 6.45) is 4.41. The molecule has 5 nitrogen and oxygen atoms in total. The fourth-order valence-corrected chi connectivity index (χ4v) is 1.58. The Kier molecular flexibility index (Phi) is 3.52. The number of nitrogens with zero attached hydrogens (tertiary/aromatic N) is 3. The zero-order valence-electron chi connectivity index (χ0n) is 9.95. The average molecular weight is 243 g/mol. The Balaban J connectivity index is 2.11. The minimum atomic E-state index is -0.230. The van der Waals surface area contributed by atoms with Crippen molar-refractivity contribution in [3.63, 3.8) is 0 Å². The van der Waals surface area contributed by atoms with Gasteiger partial charge < -0.3 is 10.0 Å². The number of amides is 1. The van der Waals surface area contributed by atoms with Gasteiger partial charge in [-0.15, -0.1) is 0 Å². The van der Waals surface area contributed by atoms with Gasteiger partial charge in [0.05, 0.1) is 6.20 Å². The number of para-hydroxylation sites is 1. The molecule has 2 aromatic rings. The number of hydrogen-bond acceptors (Lipinski definition) is 4. The minimum Gasteiger partial charge on any atom is -0.508 e. The van der Waals surface area contributed by atoms with Crippen molar-refractivity contribution < 1.29 is 9.90 Å². The molecule has 0 atom stereocenters. The number of carbonyl (C=O) groups is 1. The Morgan fingerprint density at radius 3 is 2.78 bits per heavy atom. The molecule has 0 fully saturated rings. The minimum absolute atomic E-state index is 0.177. The van der Waals surface area contributed by atoms with Crippen molar-refractivity contribution in [2.75, 3.05) is 7.05 Å². The second-order valence-corrected chi connectivity index (χ2v) is 3.88. The van der Waals surface area contributed by atoms with Crippen LogP contribution in [0.15, 0.2) is 42.9 Å². The molecule has 1 N–H and O–H groups in total. The molecule has 1 aromatic carbocycles. The summed E-state index contributed by atoms with van der Waals surface area (Å²) in [7, 11) is 1.66. The molecule has 0 bridgehead atoms. The molecule has 0 aliphatic rings. The maximum atomic E-state index is 12.0. The number of aromatic nitrogens is 2. The van der Waals surface area contributed by atoms with Crippen LogP contribution in [0.4, 0.5) is 0 Å². The van der Waals surface area contributed by atoms with Crippen LogP contribution < -0.4 is 0 Å². The first kappa shape index (κ1) is 12.0. The molecule has 0 saturated heterocycles. The molecule has 0 spiro atoms. The summed E-state index contributed by atoms with van der Waals surface area (Å²) in [5, 5.41) is 9.65. The Bertz CT molecular complexity index is 543. The van der Waals surface area contributed by atoms with Crippen molar-refractivity contribution in [3.8, 4) is 5.75 Å². The smallest absolute Gasteiger partial charge is 0.274 e. The molecule has 18 heavy (non-hydrogen) atoms. The van der Waals surface area contributed by atoms with E-state index >= 15 is 0 Å². The molecule has 0 radical (unpaired) electrons. The molecule has 0 unspecified atom stereocenters. The van der Waals surface area contributed by atoms with Gasteiger partial charge in [0.15, 0.2) is 0 Å². The van der Waals surface area contributed by atoms with E-state index in [1.807, 2.05) is 6.07 Å². The third kappa shape index (κ3) is 2.63. The topological polar surface area (TPSA) is 66.3 Å². The number of phenolic OH excluding ortho intramolecular Hbond substituents is 1. The predicted octanol–water partition coefficient (Wildman–Crippen LogP) is 1.45. The van der Waals surface area contributed by atoms with Crippen molar-refractivity contribution in [1.82, 2.24) is 14.9 Å². The van der Waals surface area contributed by atoms with Gasteiger partial charge in [0, 0.05) is 31.5 Å². The lowest BCUT2D eigenvalue weighted by atomic mass is 10.2. The molecule has 2 rings (SSSR count). The Morgan fingerprint density at radius 1 is 1.33 bits per heavy atom. The van der Waals surface area contributed by atoms with Crippen LogP contribution in [0.25, 0.3) is 0 Å². The van der Waals surface area contributed by atoms with Crippen LogP contribution in [-0.2, 0) is 6.54 Å². The van der Waals surface area contributed by atoms with Crippen LogP contribution in [0.3, 0.4) is 0 Å². The molecule has 5 heteroatoms. The molecule has 0 saturated carbocycles. The lowest BCUT2D eigenvalue weighted by Gasteiger charge is -2.17. The van der Waals surface area contributed by atoms with Crippen LogP contribution in [0, 0.1) is 0 Å². The van der Waals surface area contributed by atoms with E-state index in [4.69, 9.17) is 0 Å². The second kappa shape index (κ2) is 5.27. The number of phenols is 1. The molecule has 1 heterocycles. The van der Waals surface area contributed by atoms with Crippen LogP contribution >= 0.6 is 0 Å². The number of carbonyl (C=O) groups excluding carboxylic acids is 1. The average Bonchev–Trinajstić information content (AvgIpc) is 2.41. The van der Waals surface area contributed by atoms with Crippen molar-refractivity contribution in [2.45, 2.75) is 6.54 Å². The van der Waals surface area contributed by atoms with Gasteiger partial charge in [0.1, 0.15) is 11.4 Å². The van der Waals surface area contributed by atoms with Crippen LogP contribution in [-0.4, -0.2) is 32.9 Å². The molecule has 1 aromatic heterocycles. The highest BCUT2D eigenvalue weighted by Crippen LogP contribution is 2.17. The van der Waals surface area contributed by atoms with Crippen molar-refractivity contribution in [3.05, 3.63) is 54.1 Å². The van der Waals surface area contributed by atoms with E-state index in [-0.39, 0.29) is 17.4 Å². The van der Waals surface area contributed by atoms with Gasteiger partial charge in [0.2, 0.25) is 0 Å². The fourth-order valence-electron chi connectivity index (χ4n) is 1.58. The van der Waals surface area contributed by atoms with Crippen LogP contribution in [0.5, 0.6) is 5.75 Å². The number of rotatable bonds is 3. The summed E-state index contributed by atoms with van der Waals surface area (Å²) in [4.78, 5) is 21.3. The summed E-state index contributed by atoms with van der Waals surface area (Å²) in [5.41, 5.74) is 0.979. The quantitative estimate of drug-likeness (QED) is 0.886. The van der Waals surface area contributed by atoms with E-state index in [0.29, 0.717) is 12.1 Å². The molecule has 1 amide bonds. The van der Waals surface area contributed by atoms with Crippen molar-refractivity contribution in [2.24, 2.45) is 0 Å². The standard InChI is InChI=1S/C13H13N3O2/c1-16(9-10-4-2-3-5-12(10)17)13(18)11-8-14-6-7-15-11/h2-8,17H,9H2,1H3. The van der Waals surface area contributed by atoms with E-state index in [1.165, 1.54) is 23.5 Å². The Morgan fingerprint density at radius 2 is 2.11 bits per heavy atom. The monoisotopic (exact) mass is 243 g/mol. The van der Waals surface area contributed by atoms with Gasteiger partial charge in [-0.1, -0.05) is 18.2 Å². The van der Waals surface area contributed by atoms with Gasteiger partial charge in [-0.3, -0.25) is 9.78 Å².